The SMILES string of the molecule is CCC(CC)N(CC(C)C)C(C)CCN. The summed E-state index contributed by atoms with van der Waals surface area (Å²) in [7, 11) is 0. The molecule has 2 N–H and O–H groups in total. The van der Waals surface area contributed by atoms with Gasteiger partial charge in [0.05, 0.1) is 0 Å². The highest BCUT2D eigenvalue weighted by molar-refractivity contribution is 4.76. The minimum atomic E-state index is 0.627. The molecule has 0 bridgehead atoms. The molecular formula is C13H30N2. The molecule has 0 aliphatic rings. The zero-order valence-electron chi connectivity index (χ0n) is 11.3. The maximum absolute atomic E-state index is 5.65. The Morgan fingerprint density at radius 1 is 1.07 bits per heavy atom. The summed E-state index contributed by atoms with van der Waals surface area (Å²) in [6.07, 6.45) is 3.61. The van der Waals surface area contributed by atoms with Crippen LogP contribution >= 0.6 is 0 Å². The first-order chi connectivity index (χ1) is 7.06. The van der Waals surface area contributed by atoms with E-state index in [1.165, 1.54) is 19.4 Å². The zero-order valence-corrected chi connectivity index (χ0v) is 11.3. The van der Waals surface area contributed by atoms with Crippen LogP contribution in [0.1, 0.15) is 53.9 Å². The summed E-state index contributed by atoms with van der Waals surface area (Å²) in [6, 6.07) is 1.36. The highest BCUT2D eigenvalue weighted by Gasteiger charge is 2.20. The number of hydrogen-bond donors (Lipinski definition) is 1. The van der Waals surface area contributed by atoms with Crippen LogP contribution in [0.2, 0.25) is 0 Å². The van der Waals surface area contributed by atoms with Gasteiger partial charge < -0.3 is 5.73 Å². The predicted molar refractivity (Wildman–Crippen MR) is 69.0 cm³/mol. The molecule has 15 heavy (non-hydrogen) atoms. The van der Waals surface area contributed by atoms with E-state index >= 15 is 0 Å². The van der Waals surface area contributed by atoms with Gasteiger partial charge in [0.15, 0.2) is 0 Å². The van der Waals surface area contributed by atoms with Crippen molar-refractivity contribution in [2.24, 2.45) is 11.7 Å². The van der Waals surface area contributed by atoms with Crippen LogP contribution in [0.15, 0.2) is 0 Å². The van der Waals surface area contributed by atoms with Crippen molar-refractivity contribution in [1.29, 1.82) is 0 Å². The van der Waals surface area contributed by atoms with E-state index in [4.69, 9.17) is 5.73 Å². The maximum Gasteiger partial charge on any atom is 0.00929 e. The van der Waals surface area contributed by atoms with Gasteiger partial charge in [0.2, 0.25) is 0 Å². The predicted octanol–water partition coefficient (Wildman–Crippen LogP) is 2.87. The molecule has 92 valence electrons. The standard InChI is InChI=1S/C13H30N2/c1-6-13(7-2)15(10-11(3)4)12(5)8-9-14/h11-13H,6-10,14H2,1-5H3. The number of nitrogens with zero attached hydrogens (tertiary/aromatic N) is 1. The molecule has 0 rings (SSSR count). The lowest BCUT2D eigenvalue weighted by Crippen LogP contribution is -2.44. The van der Waals surface area contributed by atoms with E-state index in [2.05, 4.69) is 39.5 Å². The molecule has 0 saturated carbocycles. The fourth-order valence-electron chi connectivity index (χ4n) is 2.28. The van der Waals surface area contributed by atoms with Crippen molar-refractivity contribution in [2.45, 2.75) is 66.0 Å². The molecule has 0 fully saturated rings. The third-order valence-electron chi connectivity index (χ3n) is 3.14. The Hall–Kier alpha value is -0.0800. The fourth-order valence-corrected chi connectivity index (χ4v) is 2.28. The van der Waals surface area contributed by atoms with E-state index in [0.29, 0.717) is 6.04 Å². The highest BCUT2D eigenvalue weighted by atomic mass is 15.2. The van der Waals surface area contributed by atoms with Crippen molar-refractivity contribution in [1.82, 2.24) is 4.90 Å². The second-order valence-corrected chi connectivity index (χ2v) is 4.99. The van der Waals surface area contributed by atoms with Gasteiger partial charge in [-0.3, -0.25) is 4.90 Å². The normalized spacial score (nSPS) is 14.2. The third-order valence-corrected chi connectivity index (χ3v) is 3.14. The average Bonchev–Trinajstić information content (AvgIpc) is 2.18. The second-order valence-electron chi connectivity index (χ2n) is 4.99. The first kappa shape index (κ1) is 14.9. The summed E-state index contributed by atoms with van der Waals surface area (Å²) >= 11 is 0. The Balaban J connectivity index is 4.39. The zero-order chi connectivity index (χ0) is 11.8. The maximum atomic E-state index is 5.65. The van der Waals surface area contributed by atoms with E-state index < -0.39 is 0 Å². The van der Waals surface area contributed by atoms with E-state index in [1.54, 1.807) is 0 Å². The van der Waals surface area contributed by atoms with E-state index in [1.807, 2.05) is 0 Å². The lowest BCUT2D eigenvalue weighted by atomic mass is 10.0. The van der Waals surface area contributed by atoms with Crippen LogP contribution in [-0.2, 0) is 0 Å². The van der Waals surface area contributed by atoms with Gasteiger partial charge in [-0.05, 0) is 38.6 Å². The lowest BCUT2D eigenvalue weighted by Gasteiger charge is -2.37. The molecule has 0 aliphatic heterocycles. The van der Waals surface area contributed by atoms with Crippen molar-refractivity contribution in [3.63, 3.8) is 0 Å². The Morgan fingerprint density at radius 3 is 1.93 bits per heavy atom. The molecule has 0 aromatic carbocycles. The first-order valence-electron chi connectivity index (χ1n) is 6.52. The number of hydrogen-bond acceptors (Lipinski definition) is 2. The molecule has 2 heteroatoms. The highest BCUT2D eigenvalue weighted by Crippen LogP contribution is 2.16. The van der Waals surface area contributed by atoms with Crippen LogP contribution in [0.3, 0.4) is 0 Å². The molecule has 0 amide bonds. The van der Waals surface area contributed by atoms with Gasteiger partial charge in [-0.25, -0.2) is 0 Å². The quantitative estimate of drug-likeness (QED) is 0.673. The van der Waals surface area contributed by atoms with Gasteiger partial charge in [-0.2, -0.15) is 0 Å². The van der Waals surface area contributed by atoms with Crippen LogP contribution < -0.4 is 5.73 Å². The monoisotopic (exact) mass is 214 g/mol. The minimum absolute atomic E-state index is 0.627. The third kappa shape index (κ3) is 5.53. The van der Waals surface area contributed by atoms with E-state index in [-0.39, 0.29) is 0 Å². The average molecular weight is 214 g/mol. The summed E-state index contributed by atoms with van der Waals surface area (Å²) in [5, 5.41) is 0. The summed E-state index contributed by atoms with van der Waals surface area (Å²) in [5.74, 6) is 0.742. The van der Waals surface area contributed by atoms with Gasteiger partial charge in [-0.15, -0.1) is 0 Å². The molecule has 1 atom stereocenters. The van der Waals surface area contributed by atoms with E-state index in [0.717, 1.165) is 24.9 Å². The Morgan fingerprint density at radius 2 is 1.60 bits per heavy atom. The van der Waals surface area contributed by atoms with Gasteiger partial charge in [0, 0.05) is 18.6 Å². The largest absolute Gasteiger partial charge is 0.330 e. The first-order valence-corrected chi connectivity index (χ1v) is 6.52. The molecule has 0 aliphatic carbocycles. The van der Waals surface area contributed by atoms with Crippen molar-refractivity contribution in [2.75, 3.05) is 13.1 Å². The lowest BCUT2D eigenvalue weighted by molar-refractivity contribution is 0.114. The summed E-state index contributed by atoms with van der Waals surface area (Å²) in [5.41, 5.74) is 5.65. The van der Waals surface area contributed by atoms with Crippen LogP contribution in [0.5, 0.6) is 0 Å². The molecule has 0 saturated heterocycles. The molecule has 0 heterocycles. The van der Waals surface area contributed by atoms with Crippen molar-refractivity contribution >= 4 is 0 Å². The molecule has 0 radical (unpaired) electrons. The van der Waals surface area contributed by atoms with E-state index in [9.17, 15) is 0 Å². The topological polar surface area (TPSA) is 29.3 Å². The van der Waals surface area contributed by atoms with Gasteiger partial charge in [0.25, 0.3) is 0 Å². The summed E-state index contributed by atoms with van der Waals surface area (Å²) in [6.45, 7) is 13.5. The van der Waals surface area contributed by atoms with Crippen LogP contribution in [0.25, 0.3) is 0 Å². The minimum Gasteiger partial charge on any atom is -0.330 e. The second kappa shape index (κ2) is 8.12. The van der Waals surface area contributed by atoms with Crippen LogP contribution in [-0.4, -0.2) is 30.1 Å². The van der Waals surface area contributed by atoms with Crippen LogP contribution in [0, 0.1) is 5.92 Å². The molecule has 0 spiro atoms. The molecule has 0 aromatic heterocycles. The van der Waals surface area contributed by atoms with Gasteiger partial charge in [-0.1, -0.05) is 27.7 Å². The molecule has 2 nitrogen and oxygen atoms in total. The van der Waals surface area contributed by atoms with Gasteiger partial charge >= 0.3 is 0 Å². The van der Waals surface area contributed by atoms with Crippen molar-refractivity contribution < 1.29 is 0 Å². The van der Waals surface area contributed by atoms with Gasteiger partial charge in [0.1, 0.15) is 0 Å². The molecular weight excluding hydrogens is 184 g/mol. The Bertz CT molecular complexity index is 141. The van der Waals surface area contributed by atoms with Crippen molar-refractivity contribution in [3.8, 4) is 0 Å². The Labute approximate surface area is 96.2 Å². The fraction of sp³-hybridized carbons (Fsp3) is 1.00. The number of rotatable bonds is 8. The smallest absolute Gasteiger partial charge is 0.00929 e. The van der Waals surface area contributed by atoms with Crippen molar-refractivity contribution in [3.05, 3.63) is 0 Å². The van der Waals surface area contributed by atoms with Crippen LogP contribution in [0.4, 0.5) is 0 Å². The Kier molecular flexibility index (Phi) is 8.07. The number of nitrogens with two attached hydrogens (primary N) is 1. The summed E-state index contributed by atoms with van der Waals surface area (Å²) < 4.78 is 0. The molecule has 0 aromatic rings. The molecule has 1 unspecified atom stereocenters. The summed E-state index contributed by atoms with van der Waals surface area (Å²) in [4.78, 5) is 2.65.